The molecule has 0 aliphatic heterocycles. The lowest BCUT2D eigenvalue weighted by molar-refractivity contribution is 0.0513. The average Bonchev–Trinajstić information content (AvgIpc) is 3.34. The molecule has 134 valence electrons. The highest BCUT2D eigenvalue weighted by Gasteiger charge is 2.23. The normalized spacial score (nSPS) is 10.5. The number of hydrogen-bond donors (Lipinski definition) is 0. The standard InChI is InChI=1S/C20H18O4S2/c1-3-23-19(21)15-11-14(18-8-6-10-26-18)16(20(22)24-4-2)12-13(15)17-7-5-9-25-17/h5-12H,3-4H2,1-2H3. The van der Waals surface area contributed by atoms with E-state index in [2.05, 4.69) is 0 Å². The van der Waals surface area contributed by atoms with E-state index in [9.17, 15) is 9.59 Å². The van der Waals surface area contributed by atoms with Crippen molar-refractivity contribution in [1.29, 1.82) is 0 Å². The summed E-state index contributed by atoms with van der Waals surface area (Å²) >= 11 is 3.01. The number of esters is 2. The van der Waals surface area contributed by atoms with E-state index in [1.54, 1.807) is 26.0 Å². The van der Waals surface area contributed by atoms with Crippen molar-refractivity contribution in [2.45, 2.75) is 13.8 Å². The smallest absolute Gasteiger partial charge is 0.338 e. The Kier molecular flexibility index (Phi) is 5.85. The minimum atomic E-state index is -0.399. The van der Waals surface area contributed by atoms with E-state index in [1.165, 1.54) is 22.7 Å². The number of rotatable bonds is 6. The second-order valence-electron chi connectivity index (χ2n) is 5.34. The number of carbonyl (C=O) groups excluding carboxylic acids is 2. The summed E-state index contributed by atoms with van der Waals surface area (Å²) in [5.74, 6) is -0.798. The Bertz CT molecular complexity index is 820. The van der Waals surface area contributed by atoms with E-state index in [0.29, 0.717) is 22.3 Å². The molecule has 0 N–H and O–H groups in total. The van der Waals surface area contributed by atoms with Crippen molar-refractivity contribution in [2.24, 2.45) is 0 Å². The molecule has 0 unspecified atom stereocenters. The number of ether oxygens (including phenoxy) is 2. The highest BCUT2D eigenvalue weighted by Crippen LogP contribution is 2.37. The van der Waals surface area contributed by atoms with Gasteiger partial charge in [-0.25, -0.2) is 9.59 Å². The van der Waals surface area contributed by atoms with Crippen molar-refractivity contribution in [3.63, 3.8) is 0 Å². The second kappa shape index (κ2) is 8.29. The molecule has 0 spiro atoms. The average molecular weight is 386 g/mol. The van der Waals surface area contributed by atoms with Gasteiger partial charge < -0.3 is 9.47 Å². The maximum absolute atomic E-state index is 12.6. The third kappa shape index (κ3) is 3.71. The zero-order chi connectivity index (χ0) is 18.5. The fourth-order valence-electron chi connectivity index (χ4n) is 2.63. The van der Waals surface area contributed by atoms with Crippen molar-refractivity contribution >= 4 is 34.6 Å². The molecule has 2 aromatic heterocycles. The molecule has 0 aliphatic carbocycles. The van der Waals surface area contributed by atoms with Crippen LogP contribution in [0.15, 0.2) is 47.2 Å². The summed E-state index contributed by atoms with van der Waals surface area (Å²) in [6.07, 6.45) is 0. The number of hydrogen-bond acceptors (Lipinski definition) is 6. The molecule has 3 rings (SSSR count). The van der Waals surface area contributed by atoms with Crippen LogP contribution in [0.3, 0.4) is 0 Å². The van der Waals surface area contributed by atoms with Gasteiger partial charge in [0.25, 0.3) is 0 Å². The molecule has 0 saturated heterocycles. The largest absolute Gasteiger partial charge is 0.462 e. The molecular formula is C20H18O4S2. The summed E-state index contributed by atoms with van der Waals surface area (Å²) in [6.45, 7) is 4.12. The zero-order valence-corrected chi connectivity index (χ0v) is 16.1. The van der Waals surface area contributed by atoms with Crippen LogP contribution < -0.4 is 0 Å². The number of thiophene rings is 2. The van der Waals surface area contributed by atoms with Crippen LogP contribution in [-0.4, -0.2) is 25.2 Å². The molecule has 4 nitrogen and oxygen atoms in total. The van der Waals surface area contributed by atoms with Crippen LogP contribution in [0.25, 0.3) is 20.9 Å². The maximum atomic E-state index is 12.6. The Morgan fingerprint density at radius 1 is 0.808 bits per heavy atom. The van der Waals surface area contributed by atoms with Crippen molar-refractivity contribution in [2.75, 3.05) is 13.2 Å². The predicted octanol–water partition coefficient (Wildman–Crippen LogP) is 5.50. The van der Waals surface area contributed by atoms with Gasteiger partial charge in [0.15, 0.2) is 0 Å². The topological polar surface area (TPSA) is 52.6 Å². The van der Waals surface area contributed by atoms with Gasteiger partial charge in [0.1, 0.15) is 0 Å². The maximum Gasteiger partial charge on any atom is 0.338 e. The Morgan fingerprint density at radius 2 is 1.23 bits per heavy atom. The molecule has 26 heavy (non-hydrogen) atoms. The first kappa shape index (κ1) is 18.4. The number of carbonyl (C=O) groups is 2. The molecule has 0 fully saturated rings. The fourth-order valence-corrected chi connectivity index (χ4v) is 4.14. The summed E-state index contributed by atoms with van der Waals surface area (Å²) in [5.41, 5.74) is 2.26. The summed E-state index contributed by atoms with van der Waals surface area (Å²) in [4.78, 5) is 26.9. The van der Waals surface area contributed by atoms with Gasteiger partial charge in [0.05, 0.1) is 24.3 Å². The van der Waals surface area contributed by atoms with E-state index in [1.807, 2.05) is 35.0 Å². The summed E-state index contributed by atoms with van der Waals surface area (Å²) in [7, 11) is 0. The van der Waals surface area contributed by atoms with Crippen LogP contribution >= 0.6 is 22.7 Å². The highest BCUT2D eigenvalue weighted by atomic mass is 32.1. The van der Waals surface area contributed by atoms with E-state index in [4.69, 9.17) is 9.47 Å². The van der Waals surface area contributed by atoms with Crippen molar-refractivity contribution in [3.05, 3.63) is 58.3 Å². The van der Waals surface area contributed by atoms with E-state index in [-0.39, 0.29) is 13.2 Å². The van der Waals surface area contributed by atoms with Crippen LogP contribution in [0.5, 0.6) is 0 Å². The van der Waals surface area contributed by atoms with Gasteiger partial charge in [-0.3, -0.25) is 0 Å². The van der Waals surface area contributed by atoms with Gasteiger partial charge in [-0.15, -0.1) is 22.7 Å². The quantitative estimate of drug-likeness (QED) is 0.525. The fraction of sp³-hybridized carbons (Fsp3) is 0.200. The van der Waals surface area contributed by atoms with Crippen LogP contribution in [0.4, 0.5) is 0 Å². The minimum Gasteiger partial charge on any atom is -0.462 e. The monoisotopic (exact) mass is 386 g/mol. The van der Waals surface area contributed by atoms with Crippen LogP contribution in [0.2, 0.25) is 0 Å². The van der Waals surface area contributed by atoms with E-state index < -0.39 is 11.9 Å². The molecule has 0 atom stereocenters. The van der Waals surface area contributed by atoms with Gasteiger partial charge in [0.2, 0.25) is 0 Å². The molecule has 2 heterocycles. The van der Waals surface area contributed by atoms with E-state index >= 15 is 0 Å². The van der Waals surface area contributed by atoms with Crippen molar-refractivity contribution in [1.82, 2.24) is 0 Å². The summed E-state index contributed by atoms with van der Waals surface area (Å²) in [6, 6.07) is 11.1. The van der Waals surface area contributed by atoms with E-state index in [0.717, 1.165) is 9.75 Å². The van der Waals surface area contributed by atoms with Crippen molar-refractivity contribution in [3.8, 4) is 20.9 Å². The highest BCUT2D eigenvalue weighted by molar-refractivity contribution is 7.14. The molecule has 0 aliphatic rings. The lowest BCUT2D eigenvalue weighted by Gasteiger charge is -2.14. The molecule has 0 radical (unpaired) electrons. The van der Waals surface area contributed by atoms with Gasteiger partial charge in [-0.2, -0.15) is 0 Å². The first-order valence-electron chi connectivity index (χ1n) is 8.25. The first-order valence-corrected chi connectivity index (χ1v) is 10.0. The molecular weight excluding hydrogens is 368 g/mol. The number of benzene rings is 1. The summed E-state index contributed by atoms with van der Waals surface area (Å²) in [5, 5.41) is 3.86. The Hall–Kier alpha value is -2.44. The third-order valence-corrected chi connectivity index (χ3v) is 5.53. The summed E-state index contributed by atoms with van der Waals surface area (Å²) < 4.78 is 10.5. The van der Waals surface area contributed by atoms with Gasteiger partial charge in [-0.05, 0) is 48.9 Å². The van der Waals surface area contributed by atoms with Crippen LogP contribution in [0, 0.1) is 0 Å². The van der Waals surface area contributed by atoms with Crippen LogP contribution in [-0.2, 0) is 9.47 Å². The lowest BCUT2D eigenvalue weighted by atomic mass is 9.96. The molecule has 0 amide bonds. The Morgan fingerprint density at radius 3 is 1.54 bits per heavy atom. The molecule has 0 saturated carbocycles. The minimum absolute atomic E-state index is 0.288. The Balaban J connectivity index is 2.25. The van der Waals surface area contributed by atoms with Crippen molar-refractivity contribution < 1.29 is 19.1 Å². The van der Waals surface area contributed by atoms with Gasteiger partial charge in [0, 0.05) is 20.9 Å². The molecule has 3 aromatic rings. The molecule has 1 aromatic carbocycles. The van der Waals surface area contributed by atoms with Crippen LogP contribution in [0.1, 0.15) is 34.6 Å². The first-order chi connectivity index (χ1) is 12.7. The Labute approximate surface area is 160 Å². The second-order valence-corrected chi connectivity index (χ2v) is 7.23. The van der Waals surface area contributed by atoms with Gasteiger partial charge in [-0.1, -0.05) is 12.1 Å². The zero-order valence-electron chi connectivity index (χ0n) is 14.5. The predicted molar refractivity (Wildman–Crippen MR) is 105 cm³/mol. The SMILES string of the molecule is CCOC(=O)c1cc(-c2cccs2)c(C(=O)OCC)cc1-c1cccs1. The third-order valence-electron chi connectivity index (χ3n) is 3.72. The molecule has 6 heteroatoms. The van der Waals surface area contributed by atoms with Gasteiger partial charge >= 0.3 is 11.9 Å². The lowest BCUT2D eigenvalue weighted by Crippen LogP contribution is -2.11. The molecule has 0 bridgehead atoms.